The molecule has 5 nitrogen and oxygen atoms in total. The average molecular weight is 332 g/mol. The predicted molar refractivity (Wildman–Crippen MR) is 90.4 cm³/mol. The lowest BCUT2D eigenvalue weighted by Gasteiger charge is -2.42. The number of fused-ring (bicyclic) bond motifs is 1. The summed E-state index contributed by atoms with van der Waals surface area (Å²) in [7, 11) is 0. The minimum atomic E-state index is 0.437. The largest absolute Gasteiger partial charge is 0.375 e. The van der Waals surface area contributed by atoms with Gasteiger partial charge >= 0.3 is 0 Å². The quantitative estimate of drug-likeness (QED) is 0.762. The van der Waals surface area contributed by atoms with Crippen molar-refractivity contribution in [3.8, 4) is 0 Å². The highest BCUT2D eigenvalue weighted by Crippen LogP contribution is 2.31. The van der Waals surface area contributed by atoms with Gasteiger partial charge in [-0.05, 0) is 32.3 Å². The van der Waals surface area contributed by atoms with Gasteiger partial charge in [0.05, 0.1) is 29.0 Å². The van der Waals surface area contributed by atoms with Crippen LogP contribution in [-0.4, -0.2) is 38.9 Å². The third kappa shape index (κ3) is 3.34. The lowest BCUT2D eigenvalue weighted by molar-refractivity contribution is 0.0532. The van der Waals surface area contributed by atoms with E-state index in [-0.39, 0.29) is 0 Å². The molecule has 6 heteroatoms. The van der Waals surface area contributed by atoms with Gasteiger partial charge in [0.2, 0.25) is 0 Å². The number of hydrogen-bond acceptors (Lipinski definition) is 5. The zero-order valence-corrected chi connectivity index (χ0v) is 14.5. The maximum absolute atomic E-state index is 5.85. The van der Waals surface area contributed by atoms with Crippen molar-refractivity contribution >= 4 is 11.3 Å². The van der Waals surface area contributed by atoms with E-state index in [1.165, 1.54) is 25.0 Å². The Hall–Kier alpha value is -1.24. The third-order valence-corrected chi connectivity index (χ3v) is 5.83. The van der Waals surface area contributed by atoms with Gasteiger partial charge in [0.25, 0.3) is 0 Å². The molecule has 1 aliphatic heterocycles. The fourth-order valence-corrected chi connectivity index (χ4v) is 4.13. The Morgan fingerprint density at radius 1 is 1.39 bits per heavy atom. The standard InChI is InChI=1S/C17H24N4OS/c1-13-19-14(12-23-13)11-22-8-6-17-10-20(15-3-2-4-15)9-16-5-7-18-21(16)17/h5,7,12,15,17H,2-4,6,8-11H2,1H3/t17-/m0/s1. The molecular weight excluding hydrogens is 308 g/mol. The summed E-state index contributed by atoms with van der Waals surface area (Å²) in [6.45, 7) is 5.58. The molecule has 124 valence electrons. The monoisotopic (exact) mass is 332 g/mol. The second-order valence-electron chi connectivity index (χ2n) is 6.63. The third-order valence-electron chi connectivity index (χ3n) is 5.01. The van der Waals surface area contributed by atoms with Gasteiger partial charge in [-0.15, -0.1) is 11.3 Å². The first-order valence-corrected chi connectivity index (χ1v) is 9.43. The van der Waals surface area contributed by atoms with Crippen molar-refractivity contribution in [3.05, 3.63) is 34.0 Å². The average Bonchev–Trinajstić information content (AvgIpc) is 3.10. The zero-order valence-electron chi connectivity index (χ0n) is 13.6. The summed E-state index contributed by atoms with van der Waals surface area (Å²) >= 11 is 1.68. The fourth-order valence-electron chi connectivity index (χ4n) is 3.53. The number of hydrogen-bond donors (Lipinski definition) is 0. The van der Waals surface area contributed by atoms with E-state index in [9.17, 15) is 0 Å². The molecule has 0 amide bonds. The molecule has 2 aromatic heterocycles. The maximum atomic E-state index is 5.85. The Kier molecular flexibility index (Phi) is 4.46. The van der Waals surface area contributed by atoms with Crippen LogP contribution in [0, 0.1) is 6.92 Å². The maximum Gasteiger partial charge on any atom is 0.0898 e. The van der Waals surface area contributed by atoms with Crippen LogP contribution in [0.2, 0.25) is 0 Å². The van der Waals surface area contributed by atoms with E-state index < -0.39 is 0 Å². The molecule has 0 saturated heterocycles. The molecule has 4 rings (SSSR count). The van der Waals surface area contributed by atoms with Gasteiger partial charge in [0.15, 0.2) is 0 Å². The first-order chi connectivity index (χ1) is 11.3. The normalized spacial score (nSPS) is 22.0. The smallest absolute Gasteiger partial charge is 0.0898 e. The molecule has 1 atom stereocenters. The van der Waals surface area contributed by atoms with Crippen LogP contribution in [0.4, 0.5) is 0 Å². The van der Waals surface area contributed by atoms with Gasteiger partial charge in [0.1, 0.15) is 0 Å². The van der Waals surface area contributed by atoms with Gasteiger partial charge in [-0.1, -0.05) is 6.42 Å². The number of thiazole rings is 1. The van der Waals surface area contributed by atoms with Crippen LogP contribution in [0.5, 0.6) is 0 Å². The highest BCUT2D eigenvalue weighted by molar-refractivity contribution is 7.09. The number of aromatic nitrogens is 3. The fraction of sp³-hybridized carbons (Fsp3) is 0.647. The second kappa shape index (κ2) is 6.71. The molecule has 23 heavy (non-hydrogen) atoms. The van der Waals surface area contributed by atoms with E-state index in [4.69, 9.17) is 4.74 Å². The molecule has 2 aromatic rings. The molecule has 0 radical (unpaired) electrons. The summed E-state index contributed by atoms with van der Waals surface area (Å²) in [5, 5.41) is 7.73. The van der Waals surface area contributed by atoms with E-state index >= 15 is 0 Å². The van der Waals surface area contributed by atoms with Crippen molar-refractivity contribution in [2.24, 2.45) is 0 Å². The molecule has 0 spiro atoms. The number of aryl methyl sites for hydroxylation is 1. The van der Waals surface area contributed by atoms with E-state index in [0.29, 0.717) is 12.6 Å². The highest BCUT2D eigenvalue weighted by Gasteiger charge is 2.32. The molecule has 2 aliphatic rings. The van der Waals surface area contributed by atoms with Crippen LogP contribution < -0.4 is 0 Å². The van der Waals surface area contributed by atoms with Crippen LogP contribution in [0.1, 0.15) is 48.1 Å². The van der Waals surface area contributed by atoms with Crippen LogP contribution in [0.15, 0.2) is 17.6 Å². The van der Waals surface area contributed by atoms with Crippen molar-refractivity contribution in [1.29, 1.82) is 0 Å². The molecular formula is C17H24N4OS. The van der Waals surface area contributed by atoms with E-state index in [0.717, 1.165) is 42.9 Å². The first kappa shape index (κ1) is 15.3. The van der Waals surface area contributed by atoms with Gasteiger partial charge < -0.3 is 4.74 Å². The number of ether oxygens (including phenoxy) is 1. The Bertz CT molecular complexity index is 649. The summed E-state index contributed by atoms with van der Waals surface area (Å²) < 4.78 is 8.06. The van der Waals surface area contributed by atoms with Crippen molar-refractivity contribution in [2.45, 2.75) is 57.8 Å². The summed E-state index contributed by atoms with van der Waals surface area (Å²) in [6, 6.07) is 3.39. The Morgan fingerprint density at radius 3 is 3.04 bits per heavy atom. The van der Waals surface area contributed by atoms with Crippen LogP contribution >= 0.6 is 11.3 Å². The summed E-state index contributed by atoms with van der Waals surface area (Å²) in [6.07, 6.45) is 7.06. The predicted octanol–water partition coefficient (Wildman–Crippen LogP) is 3.16. The van der Waals surface area contributed by atoms with Gasteiger partial charge in [-0.2, -0.15) is 5.10 Å². The lowest BCUT2D eigenvalue weighted by Crippen LogP contribution is -2.46. The minimum Gasteiger partial charge on any atom is -0.375 e. The van der Waals surface area contributed by atoms with Gasteiger partial charge in [-0.3, -0.25) is 9.58 Å². The molecule has 0 unspecified atom stereocenters. The van der Waals surface area contributed by atoms with Gasteiger partial charge in [-0.25, -0.2) is 4.98 Å². The SMILES string of the molecule is Cc1nc(COCC[C@H]2CN(C3CCC3)Cc3ccnn32)cs1. The van der Waals surface area contributed by atoms with Crippen molar-refractivity contribution in [1.82, 2.24) is 19.7 Å². The van der Waals surface area contributed by atoms with E-state index in [1.54, 1.807) is 11.3 Å². The number of rotatable bonds is 6. The van der Waals surface area contributed by atoms with Crippen LogP contribution in [-0.2, 0) is 17.9 Å². The summed E-state index contributed by atoms with van der Waals surface area (Å²) in [5.74, 6) is 0. The lowest BCUT2D eigenvalue weighted by atomic mass is 9.90. The van der Waals surface area contributed by atoms with Crippen LogP contribution in [0.25, 0.3) is 0 Å². The minimum absolute atomic E-state index is 0.437. The first-order valence-electron chi connectivity index (χ1n) is 8.55. The zero-order chi connectivity index (χ0) is 15.6. The molecule has 3 heterocycles. The highest BCUT2D eigenvalue weighted by atomic mass is 32.1. The molecule has 1 saturated carbocycles. The Balaban J connectivity index is 1.32. The molecule has 0 aromatic carbocycles. The second-order valence-corrected chi connectivity index (χ2v) is 7.70. The van der Waals surface area contributed by atoms with Gasteiger partial charge in [0, 0.05) is 37.3 Å². The van der Waals surface area contributed by atoms with E-state index in [1.807, 2.05) is 13.1 Å². The Labute approximate surface area is 141 Å². The van der Waals surface area contributed by atoms with Crippen molar-refractivity contribution in [2.75, 3.05) is 13.2 Å². The van der Waals surface area contributed by atoms with Crippen molar-refractivity contribution in [3.63, 3.8) is 0 Å². The van der Waals surface area contributed by atoms with E-state index in [2.05, 4.69) is 31.1 Å². The summed E-state index contributed by atoms with van der Waals surface area (Å²) in [5.41, 5.74) is 2.40. The molecule has 0 bridgehead atoms. The molecule has 1 fully saturated rings. The number of nitrogens with zero attached hydrogens (tertiary/aromatic N) is 4. The molecule has 1 aliphatic carbocycles. The van der Waals surface area contributed by atoms with Crippen LogP contribution in [0.3, 0.4) is 0 Å². The van der Waals surface area contributed by atoms with Crippen molar-refractivity contribution < 1.29 is 4.74 Å². The Morgan fingerprint density at radius 2 is 2.30 bits per heavy atom. The summed E-state index contributed by atoms with van der Waals surface area (Å²) in [4.78, 5) is 7.09. The molecule has 0 N–H and O–H groups in total. The topological polar surface area (TPSA) is 43.2 Å².